The van der Waals surface area contributed by atoms with Gasteiger partial charge in [0.05, 0.1) is 9.82 Å². The van der Waals surface area contributed by atoms with Gasteiger partial charge in [-0.05, 0) is 36.4 Å². The van der Waals surface area contributed by atoms with E-state index >= 15 is 0 Å². The summed E-state index contributed by atoms with van der Waals surface area (Å²) in [5.74, 6) is 0.666. The van der Waals surface area contributed by atoms with Crippen LogP contribution in [-0.4, -0.2) is 26.5 Å². The number of nitrogens with two attached hydrogens (primary N) is 1. The molecule has 128 valence electrons. The molecule has 0 amide bonds. The SMILES string of the molecule is NS(=O)(=O)c1ccc(NCCOc2ccc(Br)cc2)c([N+](=O)[O-])c1. The Hall–Kier alpha value is -2.17. The highest BCUT2D eigenvalue weighted by Crippen LogP contribution is 2.27. The van der Waals surface area contributed by atoms with Crippen molar-refractivity contribution in [3.63, 3.8) is 0 Å². The topological polar surface area (TPSA) is 125 Å². The fourth-order valence-corrected chi connectivity index (χ4v) is 2.67. The maximum absolute atomic E-state index is 11.3. The molecular formula is C14H14BrN3O5S. The number of nitrogens with zero attached hydrogens (tertiary/aromatic N) is 1. The molecule has 0 saturated carbocycles. The molecule has 3 N–H and O–H groups in total. The van der Waals surface area contributed by atoms with Crippen LogP contribution in [0.3, 0.4) is 0 Å². The molecule has 0 radical (unpaired) electrons. The molecular weight excluding hydrogens is 402 g/mol. The van der Waals surface area contributed by atoms with E-state index in [0.717, 1.165) is 10.5 Å². The Bertz CT molecular complexity index is 840. The third kappa shape index (κ3) is 4.91. The Balaban J connectivity index is 2.01. The molecule has 2 rings (SSSR count). The Morgan fingerprint density at radius 3 is 2.46 bits per heavy atom. The van der Waals surface area contributed by atoms with Crippen molar-refractivity contribution in [3.8, 4) is 5.75 Å². The highest BCUT2D eigenvalue weighted by Gasteiger charge is 2.18. The van der Waals surface area contributed by atoms with E-state index < -0.39 is 14.9 Å². The van der Waals surface area contributed by atoms with Crippen LogP contribution in [0.1, 0.15) is 0 Å². The molecule has 0 heterocycles. The number of benzene rings is 2. The maximum Gasteiger partial charge on any atom is 0.293 e. The molecule has 24 heavy (non-hydrogen) atoms. The molecule has 0 saturated heterocycles. The molecule has 2 aromatic rings. The van der Waals surface area contributed by atoms with Crippen LogP contribution >= 0.6 is 15.9 Å². The molecule has 0 bridgehead atoms. The molecule has 8 nitrogen and oxygen atoms in total. The predicted octanol–water partition coefficient (Wildman–Crippen LogP) is 2.50. The zero-order valence-corrected chi connectivity index (χ0v) is 14.7. The minimum absolute atomic E-state index is 0.187. The summed E-state index contributed by atoms with van der Waals surface area (Å²) in [6.07, 6.45) is 0. The number of hydrogen-bond donors (Lipinski definition) is 2. The van der Waals surface area contributed by atoms with Gasteiger partial charge in [-0.15, -0.1) is 0 Å². The van der Waals surface area contributed by atoms with Crippen molar-refractivity contribution in [1.82, 2.24) is 0 Å². The summed E-state index contributed by atoms with van der Waals surface area (Å²) in [7, 11) is -4.00. The number of nitro benzene ring substituents is 1. The van der Waals surface area contributed by atoms with Gasteiger partial charge >= 0.3 is 0 Å². The average Bonchev–Trinajstić information content (AvgIpc) is 2.52. The molecule has 0 fully saturated rings. The zero-order valence-electron chi connectivity index (χ0n) is 12.3. The van der Waals surface area contributed by atoms with Crippen molar-refractivity contribution < 1.29 is 18.1 Å². The molecule has 0 spiro atoms. The first-order valence-corrected chi connectivity index (χ1v) is 9.05. The number of nitro groups is 1. The van der Waals surface area contributed by atoms with E-state index in [1.54, 1.807) is 12.1 Å². The second-order valence-electron chi connectivity index (χ2n) is 4.71. The minimum Gasteiger partial charge on any atom is -0.492 e. The quantitative estimate of drug-likeness (QED) is 0.406. The lowest BCUT2D eigenvalue weighted by Crippen LogP contribution is -2.14. The van der Waals surface area contributed by atoms with Gasteiger partial charge in [0.1, 0.15) is 18.0 Å². The number of rotatable bonds is 7. The second-order valence-corrected chi connectivity index (χ2v) is 7.19. The Morgan fingerprint density at radius 2 is 1.88 bits per heavy atom. The first kappa shape index (κ1) is 18.2. The van der Waals surface area contributed by atoms with Crippen molar-refractivity contribution in [2.24, 2.45) is 5.14 Å². The van der Waals surface area contributed by atoms with E-state index in [1.807, 2.05) is 12.1 Å². The third-order valence-electron chi connectivity index (χ3n) is 2.99. The van der Waals surface area contributed by atoms with Gasteiger partial charge in [-0.2, -0.15) is 0 Å². The Morgan fingerprint density at radius 1 is 1.21 bits per heavy atom. The lowest BCUT2D eigenvalue weighted by Gasteiger charge is -2.10. The third-order valence-corrected chi connectivity index (χ3v) is 4.43. The van der Waals surface area contributed by atoms with Crippen molar-refractivity contribution in [2.45, 2.75) is 4.90 Å². The maximum atomic E-state index is 11.3. The summed E-state index contributed by atoms with van der Waals surface area (Å²) in [6.45, 7) is 0.571. The largest absolute Gasteiger partial charge is 0.492 e. The van der Waals surface area contributed by atoms with E-state index in [4.69, 9.17) is 9.88 Å². The molecule has 0 atom stereocenters. The van der Waals surface area contributed by atoms with E-state index in [-0.39, 0.29) is 22.9 Å². The summed E-state index contributed by atoms with van der Waals surface area (Å²) >= 11 is 3.32. The molecule has 0 aliphatic carbocycles. The van der Waals surface area contributed by atoms with Crippen molar-refractivity contribution >= 4 is 37.3 Å². The van der Waals surface area contributed by atoms with Gasteiger partial charge in [-0.3, -0.25) is 10.1 Å². The molecule has 10 heteroatoms. The highest BCUT2D eigenvalue weighted by atomic mass is 79.9. The molecule has 2 aromatic carbocycles. The molecule has 0 aliphatic heterocycles. The van der Waals surface area contributed by atoms with E-state index in [0.29, 0.717) is 12.3 Å². The van der Waals surface area contributed by atoms with Gasteiger partial charge in [0.25, 0.3) is 5.69 Å². The number of sulfonamides is 1. The van der Waals surface area contributed by atoms with Crippen molar-refractivity contribution in [3.05, 3.63) is 57.1 Å². The Kier molecular flexibility index (Phi) is 5.75. The van der Waals surface area contributed by atoms with Gasteiger partial charge in [0.15, 0.2) is 0 Å². The first-order chi connectivity index (χ1) is 11.3. The average molecular weight is 416 g/mol. The lowest BCUT2D eigenvalue weighted by molar-refractivity contribution is -0.384. The smallest absolute Gasteiger partial charge is 0.293 e. The monoisotopic (exact) mass is 415 g/mol. The number of anilines is 1. The van der Waals surface area contributed by atoms with Gasteiger partial charge < -0.3 is 10.1 Å². The fraction of sp³-hybridized carbons (Fsp3) is 0.143. The summed E-state index contributed by atoms with van der Waals surface area (Å²) < 4.78 is 29.0. The van der Waals surface area contributed by atoms with Gasteiger partial charge in [0.2, 0.25) is 10.0 Å². The molecule has 0 aliphatic rings. The normalized spacial score (nSPS) is 11.1. The standard InChI is InChI=1S/C14H14BrN3O5S/c15-10-1-3-11(4-2-10)23-8-7-17-13-6-5-12(24(16,21)22)9-14(13)18(19)20/h1-6,9,17H,7-8H2,(H2,16,21,22). The predicted molar refractivity (Wildman–Crippen MR) is 92.6 cm³/mol. The number of halogens is 1. The first-order valence-electron chi connectivity index (χ1n) is 6.71. The fourth-order valence-electron chi connectivity index (χ4n) is 1.87. The van der Waals surface area contributed by atoms with Crippen LogP contribution in [0.2, 0.25) is 0 Å². The summed E-state index contributed by atoms with van der Waals surface area (Å²) in [4.78, 5) is 10.1. The summed E-state index contributed by atoms with van der Waals surface area (Å²) in [6, 6.07) is 10.7. The van der Waals surface area contributed by atoms with Crippen LogP contribution in [-0.2, 0) is 10.0 Å². The van der Waals surface area contributed by atoms with Crippen molar-refractivity contribution in [2.75, 3.05) is 18.5 Å². The van der Waals surface area contributed by atoms with Crippen LogP contribution in [0, 0.1) is 10.1 Å². The van der Waals surface area contributed by atoms with E-state index in [1.165, 1.54) is 12.1 Å². The van der Waals surface area contributed by atoms with Gasteiger partial charge in [-0.1, -0.05) is 15.9 Å². The second kappa shape index (κ2) is 7.60. The number of primary sulfonamides is 1. The number of nitrogens with one attached hydrogen (secondary N) is 1. The minimum atomic E-state index is -4.00. The van der Waals surface area contributed by atoms with Gasteiger partial charge in [0, 0.05) is 17.1 Å². The van der Waals surface area contributed by atoms with Gasteiger partial charge in [-0.25, -0.2) is 13.6 Å². The molecule has 0 aromatic heterocycles. The van der Waals surface area contributed by atoms with Crippen LogP contribution in [0.4, 0.5) is 11.4 Å². The molecule has 0 unspecified atom stereocenters. The summed E-state index contributed by atoms with van der Waals surface area (Å²) in [5, 5.41) is 18.9. The Labute approximate surface area is 147 Å². The zero-order chi connectivity index (χ0) is 17.7. The van der Waals surface area contributed by atoms with E-state index in [9.17, 15) is 18.5 Å². The lowest BCUT2D eigenvalue weighted by atomic mass is 10.2. The highest BCUT2D eigenvalue weighted by molar-refractivity contribution is 9.10. The van der Waals surface area contributed by atoms with Crippen LogP contribution in [0.25, 0.3) is 0 Å². The van der Waals surface area contributed by atoms with E-state index in [2.05, 4.69) is 21.2 Å². The number of ether oxygens (including phenoxy) is 1. The van der Waals surface area contributed by atoms with Crippen LogP contribution in [0.15, 0.2) is 51.8 Å². The number of hydrogen-bond acceptors (Lipinski definition) is 6. The summed E-state index contributed by atoms with van der Waals surface area (Å²) in [5.41, 5.74) is -0.183. The van der Waals surface area contributed by atoms with Crippen molar-refractivity contribution in [1.29, 1.82) is 0 Å². The van der Waals surface area contributed by atoms with Crippen LogP contribution < -0.4 is 15.2 Å². The van der Waals surface area contributed by atoms with Crippen LogP contribution in [0.5, 0.6) is 5.75 Å².